The van der Waals surface area contributed by atoms with E-state index in [0.717, 1.165) is 91.3 Å². The summed E-state index contributed by atoms with van der Waals surface area (Å²) in [5.41, 5.74) is 10.3. The first-order valence-electron chi connectivity index (χ1n) is 20.5. The van der Waals surface area contributed by atoms with Crippen LogP contribution >= 0.6 is 0 Å². The summed E-state index contributed by atoms with van der Waals surface area (Å²) >= 11 is 0. The highest BCUT2D eigenvalue weighted by atomic mass is 16.5. The fraction of sp³-hybridized carbons (Fsp3) is 0.419. The maximum Gasteiger partial charge on any atom is 0.270 e. The molecule has 5 aliphatic rings. The second kappa shape index (κ2) is 15.1. The van der Waals surface area contributed by atoms with E-state index in [2.05, 4.69) is 45.0 Å². The Labute approximate surface area is 336 Å². The summed E-state index contributed by atoms with van der Waals surface area (Å²) < 4.78 is 8.13. The Balaban J connectivity index is 0.707. The summed E-state index contributed by atoms with van der Waals surface area (Å²) in [6, 6.07) is 22.0. The Kier molecular flexibility index (Phi) is 9.48. The number of ether oxygens (including phenoxy) is 1. The Morgan fingerprint density at radius 2 is 1.45 bits per heavy atom. The van der Waals surface area contributed by atoms with Crippen molar-refractivity contribution in [1.82, 2.24) is 45.2 Å². The van der Waals surface area contributed by atoms with Crippen LogP contribution in [0.2, 0.25) is 0 Å². The highest BCUT2D eigenvalue weighted by Crippen LogP contribution is 2.41. The van der Waals surface area contributed by atoms with Crippen LogP contribution in [0, 0.1) is 11.8 Å². The van der Waals surface area contributed by atoms with Crippen molar-refractivity contribution in [2.75, 3.05) is 49.9 Å². The highest BCUT2D eigenvalue weighted by Gasteiger charge is 2.46. The average molecular weight is 782 g/mol. The van der Waals surface area contributed by atoms with E-state index in [0.29, 0.717) is 36.2 Å². The van der Waals surface area contributed by atoms with Crippen molar-refractivity contribution >= 4 is 40.3 Å². The molecule has 0 radical (unpaired) electrons. The van der Waals surface area contributed by atoms with Gasteiger partial charge < -0.3 is 20.7 Å². The average Bonchev–Trinajstić information content (AvgIpc) is 3.93. The van der Waals surface area contributed by atoms with Crippen molar-refractivity contribution < 1.29 is 19.1 Å². The van der Waals surface area contributed by atoms with Gasteiger partial charge in [0.15, 0.2) is 5.65 Å². The summed E-state index contributed by atoms with van der Waals surface area (Å²) in [6.07, 6.45) is 8.15. The van der Waals surface area contributed by atoms with Crippen molar-refractivity contribution in [3.8, 4) is 22.8 Å². The van der Waals surface area contributed by atoms with Crippen LogP contribution in [0.5, 0.6) is 11.5 Å². The van der Waals surface area contributed by atoms with Crippen molar-refractivity contribution in [1.29, 1.82) is 0 Å². The van der Waals surface area contributed by atoms with Crippen LogP contribution in [0.25, 0.3) is 22.3 Å². The minimum absolute atomic E-state index is 0.210. The minimum atomic E-state index is -0.720. The molecule has 4 N–H and O–H groups in total. The number of hydrogen-bond acceptors (Lipinski definition) is 12. The van der Waals surface area contributed by atoms with Gasteiger partial charge in [-0.3, -0.25) is 29.5 Å². The fourth-order valence-electron chi connectivity index (χ4n) is 9.76. The Bertz CT molecular complexity index is 2310. The Morgan fingerprint density at radius 1 is 0.759 bits per heavy atom. The van der Waals surface area contributed by atoms with Gasteiger partial charge in [0.1, 0.15) is 41.1 Å². The number of nitrogen functional groups attached to an aromatic ring is 1. The van der Waals surface area contributed by atoms with Crippen LogP contribution in [0.15, 0.2) is 79.3 Å². The molecule has 3 unspecified atom stereocenters. The van der Waals surface area contributed by atoms with Gasteiger partial charge in [-0.05, 0) is 92.5 Å². The number of carbonyl (C=O) groups is 3. The maximum atomic E-state index is 12.7. The molecular formula is C43H47N11O4. The molecule has 5 aromatic rings. The number of nitrogens with zero attached hydrogens (tertiary/aromatic N) is 8. The lowest BCUT2D eigenvalue weighted by atomic mass is 9.90. The lowest BCUT2D eigenvalue weighted by Crippen LogP contribution is -2.59. The molecule has 3 amide bonds. The molecule has 15 nitrogen and oxygen atoms in total. The van der Waals surface area contributed by atoms with Crippen molar-refractivity contribution in [2.24, 2.45) is 11.8 Å². The Morgan fingerprint density at radius 3 is 2.14 bits per heavy atom. The lowest BCUT2D eigenvalue weighted by molar-refractivity contribution is -0.134. The predicted molar refractivity (Wildman–Crippen MR) is 217 cm³/mol. The van der Waals surface area contributed by atoms with Crippen LogP contribution in [-0.4, -0.2) is 110 Å². The van der Waals surface area contributed by atoms with E-state index in [1.54, 1.807) is 18.6 Å². The molecular weight excluding hydrogens is 735 g/mol. The number of amides is 3. The first kappa shape index (κ1) is 36.4. The smallest absolute Gasteiger partial charge is 0.270 e. The molecule has 3 atom stereocenters. The molecule has 0 bridgehead atoms. The number of pyridine rings is 1. The maximum absolute atomic E-state index is 12.7. The van der Waals surface area contributed by atoms with Gasteiger partial charge in [0, 0.05) is 63.3 Å². The van der Waals surface area contributed by atoms with E-state index < -0.39 is 17.9 Å². The molecule has 58 heavy (non-hydrogen) atoms. The number of piperidine rings is 1. The third-order valence-electron chi connectivity index (χ3n) is 13.0. The van der Waals surface area contributed by atoms with Crippen LogP contribution in [-0.2, 0) is 9.59 Å². The van der Waals surface area contributed by atoms with Crippen molar-refractivity contribution in [2.45, 2.75) is 62.7 Å². The van der Waals surface area contributed by atoms with Crippen LogP contribution < -0.4 is 26.0 Å². The molecule has 4 aliphatic heterocycles. The predicted octanol–water partition coefficient (Wildman–Crippen LogP) is 4.03. The minimum Gasteiger partial charge on any atom is -0.457 e. The second-order valence-electron chi connectivity index (χ2n) is 16.5. The fourth-order valence-corrected chi connectivity index (χ4v) is 9.76. The number of nitrogens with two attached hydrogens (primary N) is 1. The number of hydrogen-bond donors (Lipinski definition) is 3. The normalized spacial score (nSPS) is 25.4. The van der Waals surface area contributed by atoms with Crippen LogP contribution in [0.4, 0.5) is 11.5 Å². The number of likely N-dealkylation sites (tertiary alicyclic amines) is 2. The molecule has 10 rings (SSSR count). The third kappa shape index (κ3) is 7.02. The molecule has 5 fully saturated rings. The number of fused-ring (bicyclic) bond motifs is 2. The summed E-state index contributed by atoms with van der Waals surface area (Å²) in [5, 5.41) is 10.9. The van der Waals surface area contributed by atoms with Crippen molar-refractivity contribution in [3.63, 3.8) is 0 Å². The van der Waals surface area contributed by atoms with E-state index in [4.69, 9.17) is 15.6 Å². The van der Waals surface area contributed by atoms with Gasteiger partial charge in [-0.15, -0.1) is 0 Å². The quantitative estimate of drug-likeness (QED) is 0.183. The molecule has 7 heterocycles. The van der Waals surface area contributed by atoms with Crippen LogP contribution in [0.3, 0.4) is 0 Å². The summed E-state index contributed by atoms with van der Waals surface area (Å²) in [6.45, 7) is 6.53. The van der Waals surface area contributed by atoms with Gasteiger partial charge in [0.05, 0.1) is 23.3 Å². The molecule has 3 aromatic heterocycles. The topological polar surface area (TPSA) is 177 Å². The second-order valence-corrected chi connectivity index (χ2v) is 16.5. The van der Waals surface area contributed by atoms with Crippen LogP contribution in [0.1, 0.15) is 55.1 Å². The summed E-state index contributed by atoms with van der Waals surface area (Å²) in [5.74, 6) is 2.20. The monoisotopic (exact) mass is 781 g/mol. The first-order valence-corrected chi connectivity index (χ1v) is 20.5. The van der Waals surface area contributed by atoms with Gasteiger partial charge in [0.2, 0.25) is 11.8 Å². The number of rotatable bonds is 9. The standard InChI is InChI=1S/C43H47N11O4/c44-40-38-39(26-6-13-34(14-7-26)58-33-4-2-1-3-5-33)50-54(41(38)47-25-46-40)30-10-8-29(9-11-30)51-19-27-21-52(22-28(27)20-51)32-23-53(24-32)31-12-15-35(45-18-31)42(56)48-36-16-17-37(55)49-43(36)57/h1-7,12-15,18,25,27-30,32,36H,8-11,16-17,19-24H2,(H,48,56)(H2,44,46,47)(H,49,55,57). The van der Waals surface area contributed by atoms with E-state index in [1.165, 1.54) is 13.1 Å². The molecule has 15 heteroatoms. The zero-order chi connectivity index (χ0) is 39.3. The molecule has 1 aliphatic carbocycles. The largest absolute Gasteiger partial charge is 0.457 e. The third-order valence-corrected chi connectivity index (χ3v) is 13.0. The van der Waals surface area contributed by atoms with Gasteiger partial charge in [-0.2, -0.15) is 5.10 Å². The molecule has 298 valence electrons. The number of para-hydroxylation sites is 1. The molecule has 4 saturated heterocycles. The zero-order valence-corrected chi connectivity index (χ0v) is 32.2. The summed E-state index contributed by atoms with van der Waals surface area (Å²) in [4.78, 5) is 57.3. The zero-order valence-electron chi connectivity index (χ0n) is 32.2. The lowest BCUT2D eigenvalue weighted by Gasteiger charge is -2.46. The van der Waals surface area contributed by atoms with E-state index in [1.807, 2.05) is 60.7 Å². The van der Waals surface area contributed by atoms with Gasteiger partial charge >= 0.3 is 0 Å². The SMILES string of the molecule is Nc1ncnc2c1c(-c1ccc(Oc3ccccc3)cc1)nn2C1CCC(N2CC3CN(C4CN(c5ccc(C(=O)NC6CCC(=O)NC6=O)nc5)C4)CC3C2)CC1. The Hall–Kier alpha value is -5.93. The number of imide groups is 1. The highest BCUT2D eigenvalue weighted by molar-refractivity contribution is 6.03. The van der Waals surface area contributed by atoms with Gasteiger partial charge in [0.25, 0.3) is 5.91 Å². The van der Waals surface area contributed by atoms with Gasteiger partial charge in [-0.25, -0.2) is 19.6 Å². The first-order chi connectivity index (χ1) is 28.3. The van der Waals surface area contributed by atoms with E-state index in [9.17, 15) is 14.4 Å². The van der Waals surface area contributed by atoms with E-state index >= 15 is 0 Å². The number of anilines is 2. The number of nitrogens with one attached hydrogen (secondary N) is 2. The molecule has 0 spiro atoms. The van der Waals surface area contributed by atoms with Crippen molar-refractivity contribution in [3.05, 3.63) is 84.9 Å². The summed E-state index contributed by atoms with van der Waals surface area (Å²) in [7, 11) is 0. The number of aromatic nitrogens is 5. The molecule has 2 aromatic carbocycles. The number of carbonyl (C=O) groups excluding carboxylic acids is 3. The molecule has 1 saturated carbocycles. The van der Waals surface area contributed by atoms with Gasteiger partial charge in [-0.1, -0.05) is 18.2 Å². The number of benzene rings is 2. The van der Waals surface area contributed by atoms with E-state index in [-0.39, 0.29) is 24.1 Å².